The van der Waals surface area contributed by atoms with Crippen LogP contribution in [0.1, 0.15) is 0 Å². The summed E-state index contributed by atoms with van der Waals surface area (Å²) in [5.74, 6) is 1.15. The highest BCUT2D eigenvalue weighted by molar-refractivity contribution is 5.84. The van der Waals surface area contributed by atoms with Gasteiger partial charge in [-0.3, -0.25) is 0 Å². The summed E-state index contributed by atoms with van der Waals surface area (Å²) in [6.07, 6.45) is 2.04. The number of aryl methyl sites for hydroxylation is 1. The quantitative estimate of drug-likeness (QED) is 0.557. The fourth-order valence-corrected chi connectivity index (χ4v) is 2.46. The largest absolute Gasteiger partial charge is 0.351 e. The van der Waals surface area contributed by atoms with Gasteiger partial charge in [-0.2, -0.15) is 4.98 Å². The number of aromatic nitrogens is 3. The van der Waals surface area contributed by atoms with E-state index in [4.69, 9.17) is 4.52 Å². The van der Waals surface area contributed by atoms with Gasteiger partial charge in [-0.05, 0) is 24.3 Å². The lowest BCUT2D eigenvalue weighted by Gasteiger charge is -1.97. The average molecular weight is 275 g/mol. The lowest BCUT2D eigenvalue weighted by atomic mass is 10.1. The molecule has 21 heavy (non-hydrogen) atoms. The highest BCUT2D eigenvalue weighted by atomic mass is 16.5. The van der Waals surface area contributed by atoms with Crippen LogP contribution in [-0.2, 0) is 7.05 Å². The van der Waals surface area contributed by atoms with Crippen LogP contribution in [0, 0.1) is 0 Å². The Morgan fingerprint density at radius 2 is 1.81 bits per heavy atom. The van der Waals surface area contributed by atoms with E-state index in [-0.39, 0.29) is 0 Å². The molecule has 0 aliphatic rings. The third-order valence-corrected chi connectivity index (χ3v) is 3.59. The number of nitrogens with zero attached hydrogens (tertiary/aromatic N) is 3. The molecular weight excluding hydrogens is 262 g/mol. The van der Waals surface area contributed by atoms with Crippen LogP contribution in [0.3, 0.4) is 0 Å². The molecule has 0 atom stereocenters. The Morgan fingerprint density at radius 3 is 2.67 bits per heavy atom. The minimum Gasteiger partial charge on any atom is -0.351 e. The fraction of sp³-hybridized carbons (Fsp3) is 0.0588. The normalized spacial score (nSPS) is 11.1. The van der Waals surface area contributed by atoms with Crippen molar-refractivity contribution in [1.82, 2.24) is 14.7 Å². The van der Waals surface area contributed by atoms with E-state index in [9.17, 15) is 0 Å². The zero-order valence-corrected chi connectivity index (χ0v) is 11.5. The first kappa shape index (κ1) is 11.9. The van der Waals surface area contributed by atoms with E-state index in [1.54, 1.807) is 0 Å². The topological polar surface area (TPSA) is 43.9 Å². The van der Waals surface area contributed by atoms with Crippen molar-refractivity contribution in [2.75, 3.05) is 0 Å². The molecule has 0 bridgehead atoms. The van der Waals surface area contributed by atoms with Gasteiger partial charge < -0.3 is 9.09 Å². The number of hydrogen-bond acceptors (Lipinski definition) is 3. The van der Waals surface area contributed by atoms with E-state index in [1.165, 1.54) is 5.52 Å². The molecule has 2 aromatic carbocycles. The lowest BCUT2D eigenvalue weighted by Crippen LogP contribution is -1.84. The Bertz CT molecular complexity index is 906. The second-order valence-electron chi connectivity index (χ2n) is 4.99. The third-order valence-electron chi connectivity index (χ3n) is 3.59. The van der Waals surface area contributed by atoms with Crippen LogP contribution in [-0.4, -0.2) is 14.7 Å². The summed E-state index contributed by atoms with van der Waals surface area (Å²) in [5.41, 5.74) is 3.07. The molecule has 0 spiro atoms. The van der Waals surface area contributed by atoms with E-state index in [1.807, 2.05) is 49.6 Å². The van der Waals surface area contributed by atoms with Gasteiger partial charge in [0.05, 0.1) is 0 Å². The van der Waals surface area contributed by atoms with E-state index in [0.29, 0.717) is 11.7 Å². The number of fused-ring (bicyclic) bond motifs is 1. The monoisotopic (exact) mass is 275 g/mol. The highest BCUT2D eigenvalue weighted by Crippen LogP contribution is 2.25. The van der Waals surface area contributed by atoms with Crippen molar-refractivity contribution in [2.45, 2.75) is 0 Å². The first-order chi connectivity index (χ1) is 10.3. The highest BCUT2D eigenvalue weighted by Gasteiger charge is 2.11. The molecule has 2 heterocycles. The molecule has 0 aliphatic heterocycles. The van der Waals surface area contributed by atoms with Crippen molar-refractivity contribution < 1.29 is 4.52 Å². The van der Waals surface area contributed by atoms with Gasteiger partial charge in [-0.1, -0.05) is 35.5 Å². The van der Waals surface area contributed by atoms with E-state index >= 15 is 0 Å². The van der Waals surface area contributed by atoms with E-state index in [0.717, 1.165) is 16.5 Å². The Morgan fingerprint density at radius 1 is 0.952 bits per heavy atom. The number of rotatable bonds is 2. The Labute approximate surface area is 121 Å². The van der Waals surface area contributed by atoms with Gasteiger partial charge in [0, 0.05) is 35.3 Å². The summed E-state index contributed by atoms with van der Waals surface area (Å²) in [6, 6.07) is 18.0. The zero-order valence-electron chi connectivity index (χ0n) is 11.5. The molecule has 0 saturated heterocycles. The molecule has 4 nitrogen and oxygen atoms in total. The summed E-state index contributed by atoms with van der Waals surface area (Å²) < 4.78 is 7.48. The van der Waals surface area contributed by atoms with Crippen LogP contribution in [0.5, 0.6) is 0 Å². The van der Waals surface area contributed by atoms with Crippen molar-refractivity contribution >= 4 is 10.9 Å². The summed E-state index contributed by atoms with van der Waals surface area (Å²) >= 11 is 0. The minimum atomic E-state index is 0.541. The Kier molecular flexibility index (Phi) is 2.60. The first-order valence-electron chi connectivity index (χ1n) is 6.76. The number of benzene rings is 2. The van der Waals surface area contributed by atoms with E-state index < -0.39 is 0 Å². The molecule has 0 radical (unpaired) electrons. The second kappa shape index (κ2) is 4.59. The molecule has 0 aliphatic carbocycles. The van der Waals surface area contributed by atoms with Gasteiger partial charge in [0.2, 0.25) is 5.82 Å². The molecule has 2 aromatic heterocycles. The molecule has 0 saturated carbocycles. The molecule has 4 heteroatoms. The van der Waals surface area contributed by atoms with Crippen LogP contribution >= 0.6 is 0 Å². The molecule has 0 unspecified atom stereocenters. The van der Waals surface area contributed by atoms with Crippen LogP contribution in [0.4, 0.5) is 0 Å². The maximum Gasteiger partial charge on any atom is 0.258 e. The molecule has 0 amide bonds. The van der Waals surface area contributed by atoms with Gasteiger partial charge in [-0.15, -0.1) is 0 Å². The predicted molar refractivity (Wildman–Crippen MR) is 81.6 cm³/mol. The van der Waals surface area contributed by atoms with E-state index in [2.05, 4.69) is 32.9 Å². The average Bonchev–Trinajstić information content (AvgIpc) is 3.15. The van der Waals surface area contributed by atoms with Crippen molar-refractivity contribution in [1.29, 1.82) is 0 Å². The second-order valence-corrected chi connectivity index (χ2v) is 4.99. The van der Waals surface area contributed by atoms with Crippen molar-refractivity contribution in [3.8, 4) is 22.8 Å². The van der Waals surface area contributed by atoms with Crippen LogP contribution < -0.4 is 0 Å². The molecule has 0 N–H and O–H groups in total. The molecule has 0 fully saturated rings. The molecule has 4 aromatic rings. The van der Waals surface area contributed by atoms with Gasteiger partial charge in [0.1, 0.15) is 0 Å². The SMILES string of the molecule is Cn1ccc2cc(-c3nc(-c4ccccc4)no3)ccc21. The maximum atomic E-state index is 5.39. The first-order valence-corrected chi connectivity index (χ1v) is 6.76. The zero-order chi connectivity index (χ0) is 14.2. The number of hydrogen-bond donors (Lipinski definition) is 0. The van der Waals surface area contributed by atoms with Crippen molar-refractivity contribution in [2.24, 2.45) is 7.05 Å². The lowest BCUT2D eigenvalue weighted by molar-refractivity contribution is 0.432. The maximum absolute atomic E-state index is 5.39. The van der Waals surface area contributed by atoms with Crippen LogP contribution in [0.2, 0.25) is 0 Å². The standard InChI is InChI=1S/C17H13N3O/c1-20-10-9-13-11-14(7-8-15(13)20)17-18-16(19-21-17)12-5-3-2-4-6-12/h2-11H,1H3. The van der Waals surface area contributed by atoms with Gasteiger partial charge >= 0.3 is 0 Å². The Hall–Kier alpha value is -2.88. The summed E-state index contributed by atoms with van der Waals surface area (Å²) in [5, 5.41) is 5.22. The summed E-state index contributed by atoms with van der Waals surface area (Å²) in [4.78, 5) is 4.48. The molecule has 4 rings (SSSR count). The summed E-state index contributed by atoms with van der Waals surface area (Å²) in [6.45, 7) is 0. The third kappa shape index (κ3) is 2.01. The van der Waals surface area contributed by atoms with Gasteiger partial charge in [0.15, 0.2) is 0 Å². The van der Waals surface area contributed by atoms with Crippen molar-refractivity contribution in [3.63, 3.8) is 0 Å². The van der Waals surface area contributed by atoms with Gasteiger partial charge in [0.25, 0.3) is 5.89 Å². The Balaban J connectivity index is 1.77. The smallest absolute Gasteiger partial charge is 0.258 e. The summed E-state index contributed by atoms with van der Waals surface area (Å²) in [7, 11) is 2.03. The fourth-order valence-electron chi connectivity index (χ4n) is 2.46. The van der Waals surface area contributed by atoms with Crippen molar-refractivity contribution in [3.05, 3.63) is 60.8 Å². The minimum absolute atomic E-state index is 0.541. The predicted octanol–water partition coefficient (Wildman–Crippen LogP) is 3.90. The van der Waals surface area contributed by atoms with Crippen LogP contribution in [0.15, 0.2) is 65.3 Å². The molecule has 102 valence electrons. The van der Waals surface area contributed by atoms with Gasteiger partial charge in [-0.25, -0.2) is 0 Å². The molecular formula is C17H13N3O. The van der Waals surface area contributed by atoms with Crippen LogP contribution in [0.25, 0.3) is 33.7 Å².